The van der Waals surface area contributed by atoms with Crippen molar-refractivity contribution in [3.63, 3.8) is 0 Å². The van der Waals surface area contributed by atoms with Gasteiger partial charge in [0.2, 0.25) is 0 Å². The molecule has 0 bridgehead atoms. The minimum absolute atomic E-state index is 0.241. The Kier molecular flexibility index (Phi) is 2.83. The lowest BCUT2D eigenvalue weighted by Gasteiger charge is -2.08. The van der Waals surface area contributed by atoms with Crippen molar-refractivity contribution in [3.05, 3.63) is 17.5 Å². The smallest absolute Gasteiger partial charge is 0.108 e. The van der Waals surface area contributed by atoms with Crippen LogP contribution >= 0.6 is 0 Å². The maximum absolute atomic E-state index is 9.47. The van der Waals surface area contributed by atoms with Crippen molar-refractivity contribution in [2.45, 2.75) is 26.5 Å². The average Bonchev–Trinajstić information content (AvgIpc) is 2.45. The zero-order valence-electron chi connectivity index (χ0n) is 7.49. The molecule has 0 spiro atoms. The van der Waals surface area contributed by atoms with E-state index in [9.17, 15) is 5.11 Å². The van der Waals surface area contributed by atoms with Gasteiger partial charge in [0.1, 0.15) is 6.10 Å². The summed E-state index contributed by atoms with van der Waals surface area (Å²) in [6, 6.07) is 1.86. The van der Waals surface area contributed by atoms with Gasteiger partial charge in [-0.25, -0.2) is 0 Å². The van der Waals surface area contributed by atoms with Crippen LogP contribution in [0.1, 0.15) is 24.4 Å². The third kappa shape index (κ3) is 1.65. The number of rotatable bonds is 3. The summed E-state index contributed by atoms with van der Waals surface area (Å²) < 4.78 is 1.77. The van der Waals surface area contributed by atoms with Gasteiger partial charge >= 0.3 is 0 Å². The first kappa shape index (κ1) is 9.22. The first-order valence-electron chi connectivity index (χ1n) is 4.11. The van der Waals surface area contributed by atoms with E-state index in [4.69, 9.17) is 5.73 Å². The second-order valence-corrected chi connectivity index (χ2v) is 2.78. The summed E-state index contributed by atoms with van der Waals surface area (Å²) in [4.78, 5) is 0. The molecule has 12 heavy (non-hydrogen) atoms. The molecule has 3 N–H and O–H groups in total. The fourth-order valence-corrected chi connectivity index (χ4v) is 1.21. The Bertz CT molecular complexity index is 257. The molecule has 0 saturated heterocycles. The molecule has 1 aromatic heterocycles. The van der Waals surface area contributed by atoms with E-state index in [0.29, 0.717) is 0 Å². The number of hydrogen-bond acceptors (Lipinski definition) is 3. The van der Waals surface area contributed by atoms with Crippen LogP contribution in [0.5, 0.6) is 0 Å². The summed E-state index contributed by atoms with van der Waals surface area (Å²) in [7, 11) is 0. The summed E-state index contributed by atoms with van der Waals surface area (Å²) in [6.45, 7) is 4.89. The number of aromatic nitrogens is 2. The second kappa shape index (κ2) is 3.69. The van der Waals surface area contributed by atoms with Gasteiger partial charge in [0.15, 0.2) is 0 Å². The van der Waals surface area contributed by atoms with Crippen molar-refractivity contribution >= 4 is 0 Å². The fraction of sp³-hybridized carbons (Fsp3) is 0.625. The van der Waals surface area contributed by atoms with Crippen molar-refractivity contribution in [2.24, 2.45) is 5.73 Å². The van der Waals surface area contributed by atoms with E-state index >= 15 is 0 Å². The van der Waals surface area contributed by atoms with Crippen molar-refractivity contribution in [2.75, 3.05) is 6.54 Å². The van der Waals surface area contributed by atoms with Crippen LogP contribution in [0.15, 0.2) is 6.07 Å². The highest BCUT2D eigenvalue weighted by Gasteiger charge is 2.11. The Morgan fingerprint density at radius 3 is 2.92 bits per heavy atom. The van der Waals surface area contributed by atoms with Gasteiger partial charge in [-0.05, 0) is 19.9 Å². The number of aryl methyl sites for hydroxylation is 2. The highest BCUT2D eigenvalue weighted by Crippen LogP contribution is 2.12. The van der Waals surface area contributed by atoms with Gasteiger partial charge in [-0.1, -0.05) is 0 Å². The highest BCUT2D eigenvalue weighted by atomic mass is 16.3. The maximum atomic E-state index is 9.47. The Morgan fingerprint density at radius 2 is 2.42 bits per heavy atom. The number of aliphatic hydroxyl groups excluding tert-OH is 1. The molecule has 1 aromatic rings. The van der Waals surface area contributed by atoms with E-state index in [1.54, 1.807) is 4.68 Å². The van der Waals surface area contributed by atoms with Gasteiger partial charge < -0.3 is 10.8 Å². The summed E-state index contributed by atoms with van der Waals surface area (Å²) in [5, 5.41) is 13.7. The largest absolute Gasteiger partial charge is 0.385 e. The van der Waals surface area contributed by atoms with Gasteiger partial charge in [0.05, 0.1) is 11.4 Å². The van der Waals surface area contributed by atoms with E-state index < -0.39 is 6.10 Å². The summed E-state index contributed by atoms with van der Waals surface area (Å²) in [5.41, 5.74) is 7.07. The van der Waals surface area contributed by atoms with Gasteiger partial charge in [-0.3, -0.25) is 4.68 Å². The molecule has 1 atom stereocenters. The SMILES string of the molecule is CCn1nc(C)cc1C(O)CN. The molecule has 1 heterocycles. The molecule has 1 unspecified atom stereocenters. The third-order valence-corrected chi connectivity index (χ3v) is 1.80. The second-order valence-electron chi connectivity index (χ2n) is 2.78. The fourth-order valence-electron chi connectivity index (χ4n) is 1.21. The number of hydrogen-bond donors (Lipinski definition) is 2. The zero-order valence-corrected chi connectivity index (χ0v) is 7.49. The molecule has 0 saturated carbocycles. The molecule has 1 rings (SSSR count). The van der Waals surface area contributed by atoms with Crippen molar-refractivity contribution in [1.82, 2.24) is 9.78 Å². The minimum Gasteiger partial charge on any atom is -0.385 e. The van der Waals surface area contributed by atoms with Crippen LogP contribution in [0.4, 0.5) is 0 Å². The lowest BCUT2D eigenvalue weighted by molar-refractivity contribution is 0.175. The first-order valence-corrected chi connectivity index (χ1v) is 4.11. The van der Waals surface area contributed by atoms with Crippen LogP contribution in [0.25, 0.3) is 0 Å². The van der Waals surface area contributed by atoms with Crippen molar-refractivity contribution < 1.29 is 5.11 Å². The summed E-state index contributed by atoms with van der Waals surface area (Å²) in [6.07, 6.45) is -0.592. The molecule has 0 amide bonds. The highest BCUT2D eigenvalue weighted by molar-refractivity contribution is 5.11. The van der Waals surface area contributed by atoms with Gasteiger partial charge in [-0.2, -0.15) is 5.10 Å². The van der Waals surface area contributed by atoms with Crippen LogP contribution < -0.4 is 5.73 Å². The molecular weight excluding hydrogens is 154 g/mol. The molecule has 0 aliphatic heterocycles. The predicted octanol–water partition coefficient (Wildman–Crippen LogP) is 0.204. The quantitative estimate of drug-likeness (QED) is 0.679. The molecule has 0 fully saturated rings. The van der Waals surface area contributed by atoms with Gasteiger partial charge in [-0.15, -0.1) is 0 Å². The van der Waals surface area contributed by atoms with Gasteiger partial charge in [0, 0.05) is 13.1 Å². The predicted molar refractivity (Wildman–Crippen MR) is 46.7 cm³/mol. The Balaban J connectivity index is 2.96. The molecule has 68 valence electrons. The van der Waals surface area contributed by atoms with E-state index in [2.05, 4.69) is 5.10 Å². The zero-order chi connectivity index (χ0) is 9.14. The Labute approximate surface area is 72.0 Å². The van der Waals surface area contributed by atoms with E-state index in [0.717, 1.165) is 17.9 Å². The Hall–Kier alpha value is -0.870. The monoisotopic (exact) mass is 169 g/mol. The standard InChI is InChI=1S/C8H15N3O/c1-3-11-7(8(12)5-9)4-6(2)10-11/h4,8,12H,3,5,9H2,1-2H3. The van der Waals surface area contributed by atoms with E-state index in [-0.39, 0.29) is 6.54 Å². The molecule has 4 nitrogen and oxygen atoms in total. The molecular formula is C8H15N3O. The molecule has 4 heteroatoms. The van der Waals surface area contributed by atoms with Crippen LogP contribution in [-0.4, -0.2) is 21.4 Å². The minimum atomic E-state index is -0.592. The lowest BCUT2D eigenvalue weighted by atomic mass is 10.2. The lowest BCUT2D eigenvalue weighted by Crippen LogP contribution is -2.16. The molecule has 0 radical (unpaired) electrons. The van der Waals surface area contributed by atoms with E-state index in [1.807, 2.05) is 19.9 Å². The molecule has 0 aliphatic carbocycles. The third-order valence-electron chi connectivity index (χ3n) is 1.80. The van der Waals surface area contributed by atoms with Crippen LogP contribution in [0.2, 0.25) is 0 Å². The van der Waals surface area contributed by atoms with Crippen molar-refractivity contribution in [3.8, 4) is 0 Å². The number of aliphatic hydroxyl groups is 1. The normalized spacial score (nSPS) is 13.3. The van der Waals surface area contributed by atoms with Crippen molar-refractivity contribution in [1.29, 1.82) is 0 Å². The number of nitrogens with two attached hydrogens (primary N) is 1. The summed E-state index contributed by atoms with van der Waals surface area (Å²) in [5.74, 6) is 0. The Morgan fingerprint density at radius 1 is 1.75 bits per heavy atom. The van der Waals surface area contributed by atoms with Gasteiger partial charge in [0.25, 0.3) is 0 Å². The topological polar surface area (TPSA) is 64.1 Å². The maximum Gasteiger partial charge on any atom is 0.108 e. The van der Waals surface area contributed by atoms with Crippen LogP contribution in [0, 0.1) is 6.92 Å². The first-order chi connectivity index (χ1) is 5.69. The number of nitrogens with zero attached hydrogens (tertiary/aromatic N) is 2. The van der Waals surface area contributed by atoms with Crippen LogP contribution in [-0.2, 0) is 6.54 Å². The molecule has 0 aromatic carbocycles. The molecule has 0 aliphatic rings. The summed E-state index contributed by atoms with van der Waals surface area (Å²) >= 11 is 0. The van der Waals surface area contributed by atoms with Crippen LogP contribution in [0.3, 0.4) is 0 Å². The average molecular weight is 169 g/mol. The van der Waals surface area contributed by atoms with E-state index in [1.165, 1.54) is 0 Å².